The van der Waals surface area contributed by atoms with Crippen LogP contribution in [-0.2, 0) is 0 Å². The van der Waals surface area contributed by atoms with Crippen LogP contribution in [0.3, 0.4) is 0 Å². The summed E-state index contributed by atoms with van der Waals surface area (Å²) in [4.78, 5) is 14.1. The largest absolute Gasteiger partial charge is 0.411 e. The second-order valence-corrected chi connectivity index (χ2v) is 4.86. The maximum absolute atomic E-state index is 12.3. The van der Waals surface area contributed by atoms with Crippen molar-refractivity contribution in [3.63, 3.8) is 0 Å². The summed E-state index contributed by atoms with van der Waals surface area (Å²) in [5.74, 6) is 0.178. The highest BCUT2D eigenvalue weighted by atomic mass is 16.4. The third-order valence-corrected chi connectivity index (χ3v) is 3.42. The molecule has 4 nitrogen and oxygen atoms in total. The fraction of sp³-hybridized carbons (Fsp3) is 0.429. The van der Waals surface area contributed by atoms with Crippen molar-refractivity contribution in [2.45, 2.75) is 20.3 Å². The lowest BCUT2D eigenvalue weighted by molar-refractivity contribution is 0.0734. The Morgan fingerprint density at radius 3 is 2.61 bits per heavy atom. The molecule has 0 radical (unpaired) electrons. The number of carbonyl (C=O) groups is 1. The van der Waals surface area contributed by atoms with Gasteiger partial charge in [0.1, 0.15) is 0 Å². The minimum absolute atomic E-state index is 0.0545. The number of nitrogens with zero attached hydrogens (tertiary/aromatic N) is 2. The highest BCUT2D eigenvalue weighted by Crippen LogP contribution is 2.16. The first-order valence-corrected chi connectivity index (χ1v) is 6.18. The molecule has 1 aliphatic heterocycles. The van der Waals surface area contributed by atoms with Gasteiger partial charge in [-0.3, -0.25) is 4.79 Å². The molecular formula is C14H18N2O2. The van der Waals surface area contributed by atoms with Crippen molar-refractivity contribution < 1.29 is 10.0 Å². The summed E-state index contributed by atoms with van der Waals surface area (Å²) in [6.45, 7) is 5.22. The molecule has 1 N–H and O–H groups in total. The summed E-state index contributed by atoms with van der Waals surface area (Å²) < 4.78 is 0. The third-order valence-electron chi connectivity index (χ3n) is 3.42. The van der Waals surface area contributed by atoms with E-state index in [9.17, 15) is 4.79 Å². The molecule has 1 aromatic carbocycles. The van der Waals surface area contributed by atoms with Crippen LogP contribution in [0.15, 0.2) is 29.4 Å². The van der Waals surface area contributed by atoms with Crippen LogP contribution in [0.5, 0.6) is 0 Å². The van der Waals surface area contributed by atoms with E-state index in [0.29, 0.717) is 19.5 Å². The number of likely N-dealkylation sites (tertiary alicyclic amines) is 1. The number of rotatable bonds is 1. The van der Waals surface area contributed by atoms with Crippen LogP contribution >= 0.6 is 0 Å². The van der Waals surface area contributed by atoms with Gasteiger partial charge >= 0.3 is 0 Å². The molecule has 0 saturated carbocycles. The predicted octanol–water partition coefficient (Wildman–Crippen LogP) is 2.31. The quantitative estimate of drug-likeness (QED) is 0.610. The van der Waals surface area contributed by atoms with E-state index in [1.54, 1.807) is 0 Å². The van der Waals surface area contributed by atoms with Gasteiger partial charge in [0.15, 0.2) is 0 Å². The van der Waals surface area contributed by atoms with Gasteiger partial charge in [0, 0.05) is 31.0 Å². The van der Waals surface area contributed by atoms with Gasteiger partial charge in [0.25, 0.3) is 5.91 Å². The zero-order valence-corrected chi connectivity index (χ0v) is 10.8. The molecule has 1 amide bonds. The lowest BCUT2D eigenvalue weighted by atomic mass is 9.97. The van der Waals surface area contributed by atoms with Crippen molar-refractivity contribution in [1.82, 2.24) is 4.90 Å². The van der Waals surface area contributed by atoms with Crippen LogP contribution in [-0.4, -0.2) is 34.8 Å². The summed E-state index contributed by atoms with van der Waals surface area (Å²) in [7, 11) is 0. The molecule has 0 bridgehead atoms. The normalized spacial score (nSPS) is 22.2. The molecule has 18 heavy (non-hydrogen) atoms. The van der Waals surface area contributed by atoms with Gasteiger partial charge < -0.3 is 10.1 Å². The molecule has 0 aliphatic carbocycles. The van der Waals surface area contributed by atoms with E-state index in [-0.39, 0.29) is 11.8 Å². The average molecular weight is 246 g/mol. The number of carbonyl (C=O) groups excluding carboxylic acids is 1. The summed E-state index contributed by atoms with van der Waals surface area (Å²) >= 11 is 0. The zero-order chi connectivity index (χ0) is 13.1. The lowest BCUT2D eigenvalue weighted by Gasteiger charge is -2.31. The maximum atomic E-state index is 12.3. The van der Waals surface area contributed by atoms with Crippen LogP contribution in [0.4, 0.5) is 0 Å². The molecule has 1 heterocycles. The van der Waals surface area contributed by atoms with E-state index in [0.717, 1.165) is 16.8 Å². The van der Waals surface area contributed by atoms with Crippen LogP contribution in [0.2, 0.25) is 0 Å². The first-order chi connectivity index (χ1) is 8.61. The summed E-state index contributed by atoms with van der Waals surface area (Å²) in [6.07, 6.45) is 0.648. The molecule has 1 fully saturated rings. The van der Waals surface area contributed by atoms with E-state index in [1.807, 2.05) is 43.0 Å². The van der Waals surface area contributed by atoms with Crippen molar-refractivity contribution in [2.24, 2.45) is 11.1 Å². The Balaban J connectivity index is 2.09. The maximum Gasteiger partial charge on any atom is 0.253 e. The average Bonchev–Trinajstić information content (AvgIpc) is 2.38. The van der Waals surface area contributed by atoms with Crippen LogP contribution in [0, 0.1) is 12.8 Å². The Bertz CT molecular complexity index is 465. The SMILES string of the molecule is Cc1ccc(C(=O)N2CC/C(=N\O)C(C)C2)cc1. The monoisotopic (exact) mass is 246 g/mol. The van der Waals surface area contributed by atoms with Crippen molar-refractivity contribution in [3.05, 3.63) is 35.4 Å². The van der Waals surface area contributed by atoms with Gasteiger partial charge in [-0.05, 0) is 19.1 Å². The van der Waals surface area contributed by atoms with Gasteiger partial charge in [-0.15, -0.1) is 0 Å². The topological polar surface area (TPSA) is 52.9 Å². The van der Waals surface area contributed by atoms with E-state index in [1.165, 1.54) is 0 Å². The summed E-state index contributed by atoms with van der Waals surface area (Å²) in [6, 6.07) is 7.61. The second kappa shape index (κ2) is 5.21. The van der Waals surface area contributed by atoms with Crippen LogP contribution in [0.25, 0.3) is 0 Å². The molecule has 0 aromatic heterocycles. The fourth-order valence-corrected chi connectivity index (χ4v) is 2.23. The number of hydrogen-bond acceptors (Lipinski definition) is 3. The van der Waals surface area contributed by atoms with Crippen molar-refractivity contribution in [2.75, 3.05) is 13.1 Å². The molecule has 1 unspecified atom stereocenters. The fourth-order valence-electron chi connectivity index (χ4n) is 2.23. The lowest BCUT2D eigenvalue weighted by Crippen LogP contribution is -2.43. The summed E-state index contributed by atoms with van der Waals surface area (Å²) in [5.41, 5.74) is 2.65. The molecule has 1 aromatic rings. The van der Waals surface area contributed by atoms with E-state index in [2.05, 4.69) is 5.16 Å². The third kappa shape index (κ3) is 2.53. The smallest absolute Gasteiger partial charge is 0.253 e. The Morgan fingerprint density at radius 1 is 1.39 bits per heavy atom. The molecule has 0 spiro atoms. The summed E-state index contributed by atoms with van der Waals surface area (Å²) in [5, 5.41) is 12.1. The van der Waals surface area contributed by atoms with Gasteiger partial charge in [-0.2, -0.15) is 0 Å². The standard InChI is InChI=1S/C14H18N2O2/c1-10-3-5-12(6-4-10)14(17)16-8-7-13(15-18)11(2)9-16/h3-6,11,18H,7-9H2,1-2H3/b15-13+. The number of aryl methyl sites for hydroxylation is 1. The molecule has 1 saturated heterocycles. The molecule has 96 valence electrons. The molecule has 1 atom stereocenters. The van der Waals surface area contributed by atoms with E-state index < -0.39 is 0 Å². The Hall–Kier alpha value is -1.84. The van der Waals surface area contributed by atoms with Gasteiger partial charge in [-0.1, -0.05) is 29.8 Å². The van der Waals surface area contributed by atoms with Crippen molar-refractivity contribution >= 4 is 11.6 Å². The number of oxime groups is 1. The second-order valence-electron chi connectivity index (χ2n) is 4.86. The number of benzene rings is 1. The molecule has 2 rings (SSSR count). The minimum Gasteiger partial charge on any atom is -0.411 e. The molecule has 1 aliphatic rings. The Labute approximate surface area is 107 Å². The number of piperidine rings is 1. The molecular weight excluding hydrogens is 228 g/mol. The van der Waals surface area contributed by atoms with Crippen LogP contribution in [0.1, 0.15) is 29.3 Å². The highest BCUT2D eigenvalue weighted by molar-refractivity contribution is 5.96. The van der Waals surface area contributed by atoms with Gasteiger partial charge in [-0.25, -0.2) is 0 Å². The van der Waals surface area contributed by atoms with E-state index >= 15 is 0 Å². The first-order valence-electron chi connectivity index (χ1n) is 6.18. The predicted molar refractivity (Wildman–Crippen MR) is 70.1 cm³/mol. The minimum atomic E-state index is 0.0545. The van der Waals surface area contributed by atoms with Crippen LogP contribution < -0.4 is 0 Å². The first kappa shape index (κ1) is 12.6. The zero-order valence-electron chi connectivity index (χ0n) is 10.8. The number of hydrogen-bond donors (Lipinski definition) is 1. The highest BCUT2D eigenvalue weighted by Gasteiger charge is 2.26. The Kier molecular flexibility index (Phi) is 3.65. The Morgan fingerprint density at radius 2 is 2.06 bits per heavy atom. The number of amides is 1. The van der Waals surface area contributed by atoms with Crippen molar-refractivity contribution in [3.8, 4) is 0 Å². The van der Waals surface area contributed by atoms with Crippen molar-refractivity contribution in [1.29, 1.82) is 0 Å². The van der Waals surface area contributed by atoms with Gasteiger partial charge in [0.2, 0.25) is 0 Å². The van der Waals surface area contributed by atoms with E-state index in [4.69, 9.17) is 5.21 Å². The van der Waals surface area contributed by atoms with Gasteiger partial charge in [0.05, 0.1) is 5.71 Å². The molecule has 4 heteroatoms.